The highest BCUT2D eigenvalue weighted by Gasteiger charge is 2.37. The second-order valence-corrected chi connectivity index (χ2v) is 9.61. The molecule has 0 spiro atoms. The third-order valence-corrected chi connectivity index (χ3v) is 7.36. The number of fused-ring (bicyclic) bond motifs is 2. The normalized spacial score (nSPS) is 16.4. The molecule has 0 aliphatic heterocycles. The van der Waals surface area contributed by atoms with Crippen LogP contribution in [-0.2, 0) is 9.47 Å². The van der Waals surface area contributed by atoms with Gasteiger partial charge in [-0.25, -0.2) is 14.0 Å². The Labute approximate surface area is 223 Å². The van der Waals surface area contributed by atoms with E-state index in [4.69, 9.17) is 9.47 Å². The van der Waals surface area contributed by atoms with Crippen LogP contribution in [0.25, 0.3) is 38.4 Å². The first-order chi connectivity index (χ1) is 19.1. The Morgan fingerprint density at radius 3 is 1.85 bits per heavy atom. The Kier molecular flexibility index (Phi) is 5.37. The molecule has 0 heterocycles. The molecule has 0 amide bonds. The van der Waals surface area contributed by atoms with E-state index in [1.54, 1.807) is 78.9 Å². The van der Waals surface area contributed by atoms with Crippen LogP contribution < -0.4 is 0 Å². The summed E-state index contributed by atoms with van der Waals surface area (Å²) in [5, 5.41) is 5.11. The van der Waals surface area contributed by atoms with Crippen molar-refractivity contribution in [1.82, 2.24) is 0 Å². The predicted octanol–water partition coefficient (Wildman–Crippen LogP) is 7.87. The fraction of sp³-hybridized carbons (Fsp3) is 0.0588. The van der Waals surface area contributed by atoms with Crippen molar-refractivity contribution in [2.45, 2.75) is 12.2 Å². The molecule has 188 valence electrons. The van der Waals surface area contributed by atoms with Gasteiger partial charge in [0.05, 0.1) is 11.1 Å². The van der Waals surface area contributed by atoms with Crippen LogP contribution in [0.5, 0.6) is 0 Å². The molecule has 39 heavy (non-hydrogen) atoms. The Morgan fingerprint density at radius 1 is 0.615 bits per heavy atom. The molecule has 7 rings (SSSR count). The number of carbonyl (C=O) groups excluding carboxylic acids is 2. The summed E-state index contributed by atoms with van der Waals surface area (Å²) < 4.78 is 28.3. The second-order valence-electron chi connectivity index (χ2n) is 9.61. The fourth-order valence-corrected chi connectivity index (χ4v) is 5.56. The SMILES string of the molecule is O=C(O[C@@H]1c2c(F)c3ccc4cccc5ccc(c2C=C[C@H]1OC(=O)c1ccccc1)c3c45)c1ccccc1. The van der Waals surface area contributed by atoms with E-state index in [0.29, 0.717) is 22.1 Å². The first kappa shape index (κ1) is 23.1. The number of hydrogen-bond donors (Lipinski definition) is 0. The Hall–Kier alpha value is -5.03. The molecule has 0 bridgehead atoms. The van der Waals surface area contributed by atoms with Gasteiger partial charge in [0, 0.05) is 16.3 Å². The zero-order valence-corrected chi connectivity index (χ0v) is 20.6. The summed E-state index contributed by atoms with van der Waals surface area (Å²) in [5.41, 5.74) is 1.47. The standard InChI is InChI=1S/C34H21FO4/c35-31-26-17-15-21-13-7-12-20-14-16-24(29(26)28(20)21)25-18-19-27(38-33(36)22-8-3-1-4-9-22)32(30(25)31)39-34(37)23-10-5-2-6-11-23/h1-19,27,32H/t27-,32+/m1/s1. The van der Waals surface area contributed by atoms with Gasteiger partial charge in [0.25, 0.3) is 0 Å². The minimum absolute atomic E-state index is 0.193. The smallest absolute Gasteiger partial charge is 0.338 e. The molecule has 0 radical (unpaired) electrons. The van der Waals surface area contributed by atoms with Gasteiger partial charge in [-0.15, -0.1) is 0 Å². The first-order valence-corrected chi connectivity index (χ1v) is 12.7. The molecule has 5 heteroatoms. The number of esters is 2. The van der Waals surface area contributed by atoms with Crippen molar-refractivity contribution in [3.05, 3.63) is 137 Å². The number of ether oxygens (including phenoxy) is 2. The molecule has 1 aliphatic carbocycles. The van der Waals surface area contributed by atoms with Crippen LogP contribution in [-0.4, -0.2) is 18.0 Å². The van der Waals surface area contributed by atoms with Crippen molar-refractivity contribution in [2.75, 3.05) is 0 Å². The van der Waals surface area contributed by atoms with E-state index in [9.17, 15) is 9.59 Å². The monoisotopic (exact) mass is 512 g/mol. The van der Waals surface area contributed by atoms with Crippen LogP contribution in [0.2, 0.25) is 0 Å². The molecule has 6 aromatic rings. The van der Waals surface area contributed by atoms with E-state index in [1.165, 1.54) is 0 Å². The van der Waals surface area contributed by atoms with Gasteiger partial charge in [-0.05, 0) is 57.4 Å². The van der Waals surface area contributed by atoms with Crippen molar-refractivity contribution in [2.24, 2.45) is 0 Å². The summed E-state index contributed by atoms with van der Waals surface area (Å²) >= 11 is 0. The number of hydrogen-bond acceptors (Lipinski definition) is 4. The summed E-state index contributed by atoms with van der Waals surface area (Å²) in [6.07, 6.45) is 1.22. The average Bonchev–Trinajstić information content (AvgIpc) is 2.98. The summed E-state index contributed by atoms with van der Waals surface area (Å²) in [6, 6.07) is 30.7. The first-order valence-electron chi connectivity index (χ1n) is 12.7. The molecule has 0 saturated carbocycles. The van der Waals surface area contributed by atoms with Crippen LogP contribution in [0.15, 0.2) is 109 Å². The highest BCUT2D eigenvalue weighted by molar-refractivity contribution is 6.24. The molecule has 0 N–H and O–H groups in total. The topological polar surface area (TPSA) is 52.6 Å². The zero-order chi connectivity index (χ0) is 26.5. The Morgan fingerprint density at radius 2 is 1.21 bits per heavy atom. The molecular weight excluding hydrogens is 491 g/mol. The summed E-state index contributed by atoms with van der Waals surface area (Å²) in [5.74, 6) is -1.72. The lowest BCUT2D eigenvalue weighted by Gasteiger charge is -2.31. The van der Waals surface area contributed by atoms with Gasteiger partial charge < -0.3 is 9.47 Å². The van der Waals surface area contributed by atoms with Crippen molar-refractivity contribution in [3.8, 4) is 0 Å². The zero-order valence-electron chi connectivity index (χ0n) is 20.6. The summed E-state index contributed by atoms with van der Waals surface area (Å²) in [4.78, 5) is 26.2. The summed E-state index contributed by atoms with van der Waals surface area (Å²) in [6.45, 7) is 0. The van der Waals surface area contributed by atoms with Crippen molar-refractivity contribution in [1.29, 1.82) is 0 Å². The molecule has 2 atom stereocenters. The van der Waals surface area contributed by atoms with E-state index < -0.39 is 30.0 Å². The number of rotatable bonds is 4. The largest absolute Gasteiger partial charge is 0.450 e. The van der Waals surface area contributed by atoms with Crippen molar-refractivity contribution in [3.63, 3.8) is 0 Å². The number of benzene rings is 6. The lowest BCUT2D eigenvalue weighted by Crippen LogP contribution is -2.31. The molecule has 4 nitrogen and oxygen atoms in total. The minimum Gasteiger partial charge on any atom is -0.450 e. The number of halogens is 1. The third-order valence-electron chi connectivity index (χ3n) is 7.36. The highest BCUT2D eigenvalue weighted by Crippen LogP contribution is 2.45. The summed E-state index contributed by atoms with van der Waals surface area (Å²) in [7, 11) is 0. The van der Waals surface area contributed by atoms with Crippen LogP contribution in [0, 0.1) is 5.82 Å². The quantitative estimate of drug-likeness (QED) is 0.178. The van der Waals surface area contributed by atoms with Gasteiger partial charge in [0.15, 0.2) is 12.2 Å². The maximum atomic E-state index is 16.6. The maximum absolute atomic E-state index is 16.6. The van der Waals surface area contributed by atoms with Crippen LogP contribution in [0.4, 0.5) is 4.39 Å². The lowest BCUT2D eigenvalue weighted by atomic mass is 9.84. The Balaban J connectivity index is 1.41. The minimum atomic E-state index is -1.19. The van der Waals surface area contributed by atoms with Gasteiger partial charge in [-0.2, -0.15) is 0 Å². The van der Waals surface area contributed by atoms with E-state index in [2.05, 4.69) is 0 Å². The van der Waals surface area contributed by atoms with Crippen LogP contribution in [0.1, 0.15) is 37.9 Å². The van der Waals surface area contributed by atoms with Gasteiger partial charge in [0.1, 0.15) is 5.82 Å². The molecule has 0 fully saturated rings. The van der Waals surface area contributed by atoms with Gasteiger partial charge in [-0.1, -0.05) is 84.9 Å². The lowest BCUT2D eigenvalue weighted by molar-refractivity contribution is -0.0238. The van der Waals surface area contributed by atoms with Gasteiger partial charge >= 0.3 is 11.9 Å². The van der Waals surface area contributed by atoms with Crippen molar-refractivity contribution < 1.29 is 23.5 Å². The molecule has 0 unspecified atom stereocenters. The average molecular weight is 513 g/mol. The van der Waals surface area contributed by atoms with Crippen LogP contribution in [0.3, 0.4) is 0 Å². The molecule has 6 aromatic carbocycles. The van der Waals surface area contributed by atoms with E-state index in [0.717, 1.165) is 26.9 Å². The highest BCUT2D eigenvalue weighted by atomic mass is 19.1. The van der Waals surface area contributed by atoms with Gasteiger partial charge in [0.2, 0.25) is 0 Å². The van der Waals surface area contributed by atoms with E-state index in [-0.39, 0.29) is 5.56 Å². The maximum Gasteiger partial charge on any atom is 0.338 e. The third kappa shape index (κ3) is 3.74. The second kappa shape index (κ2) is 9.07. The molecular formula is C34H21FO4. The van der Waals surface area contributed by atoms with Gasteiger partial charge in [-0.3, -0.25) is 0 Å². The molecule has 0 saturated heterocycles. The molecule has 0 aromatic heterocycles. The fourth-order valence-electron chi connectivity index (χ4n) is 5.56. The number of carbonyl (C=O) groups is 2. The molecule has 1 aliphatic rings. The Bertz CT molecular complexity index is 1900. The van der Waals surface area contributed by atoms with E-state index >= 15 is 4.39 Å². The predicted molar refractivity (Wildman–Crippen MR) is 149 cm³/mol. The van der Waals surface area contributed by atoms with E-state index in [1.807, 2.05) is 36.4 Å². The van der Waals surface area contributed by atoms with Crippen molar-refractivity contribution >= 4 is 50.3 Å². The van der Waals surface area contributed by atoms with Crippen LogP contribution >= 0.6 is 0 Å².